The zero-order valence-electron chi connectivity index (χ0n) is 16.3. The average molecular weight is 383 g/mol. The molecule has 0 N–H and O–H groups in total. The fourth-order valence-electron chi connectivity index (χ4n) is 3.67. The SMILES string of the molecule is c1ccc(-c2cc(CO[C@H]3CCCCO3)cc(CO[C@H]3CCCCO3)c2)nc1. The third-order valence-corrected chi connectivity index (χ3v) is 5.16. The topological polar surface area (TPSA) is 49.8 Å². The molecule has 1 aromatic heterocycles. The zero-order chi connectivity index (χ0) is 19.0. The molecule has 0 unspecified atom stereocenters. The molecule has 2 fully saturated rings. The predicted octanol–water partition coefficient (Wildman–Crippen LogP) is 4.84. The second-order valence-electron chi connectivity index (χ2n) is 7.47. The van der Waals surface area contributed by atoms with Crippen molar-refractivity contribution in [2.75, 3.05) is 13.2 Å². The number of hydrogen-bond donors (Lipinski definition) is 0. The van der Waals surface area contributed by atoms with Gasteiger partial charge in [0.2, 0.25) is 0 Å². The first-order valence-electron chi connectivity index (χ1n) is 10.4. The summed E-state index contributed by atoms with van der Waals surface area (Å²) in [7, 11) is 0. The summed E-state index contributed by atoms with van der Waals surface area (Å²) in [6.45, 7) is 2.63. The molecule has 28 heavy (non-hydrogen) atoms. The largest absolute Gasteiger partial charge is 0.353 e. The Kier molecular flexibility index (Phi) is 7.06. The summed E-state index contributed by atoms with van der Waals surface area (Å²) in [5.74, 6) is 0. The van der Waals surface area contributed by atoms with E-state index in [1.165, 1.54) is 12.8 Å². The highest BCUT2D eigenvalue weighted by Crippen LogP contribution is 2.24. The molecule has 0 radical (unpaired) electrons. The van der Waals surface area contributed by atoms with Crippen LogP contribution in [0.1, 0.15) is 49.7 Å². The molecule has 2 aliphatic rings. The van der Waals surface area contributed by atoms with Crippen LogP contribution in [0, 0.1) is 0 Å². The van der Waals surface area contributed by atoms with Crippen molar-refractivity contribution in [1.82, 2.24) is 4.98 Å². The molecule has 2 aliphatic heterocycles. The maximum Gasteiger partial charge on any atom is 0.158 e. The average Bonchev–Trinajstić information content (AvgIpc) is 2.78. The van der Waals surface area contributed by atoms with Gasteiger partial charge in [-0.3, -0.25) is 4.98 Å². The molecule has 2 aromatic rings. The van der Waals surface area contributed by atoms with Crippen LogP contribution in [-0.2, 0) is 32.2 Å². The van der Waals surface area contributed by atoms with Gasteiger partial charge in [-0.1, -0.05) is 12.1 Å². The van der Waals surface area contributed by atoms with Crippen LogP contribution in [0.15, 0.2) is 42.6 Å². The molecule has 0 saturated carbocycles. The highest BCUT2D eigenvalue weighted by Gasteiger charge is 2.16. The van der Waals surface area contributed by atoms with Crippen LogP contribution in [0.25, 0.3) is 11.3 Å². The van der Waals surface area contributed by atoms with E-state index in [1.807, 2.05) is 24.4 Å². The fraction of sp³-hybridized carbons (Fsp3) is 0.522. The van der Waals surface area contributed by atoms with Crippen molar-refractivity contribution >= 4 is 0 Å². The highest BCUT2D eigenvalue weighted by atomic mass is 16.7. The minimum absolute atomic E-state index is 0.0948. The van der Waals surface area contributed by atoms with Crippen LogP contribution in [0.4, 0.5) is 0 Å². The molecule has 5 heteroatoms. The molecule has 5 nitrogen and oxygen atoms in total. The third-order valence-electron chi connectivity index (χ3n) is 5.16. The van der Waals surface area contributed by atoms with Crippen molar-refractivity contribution in [3.8, 4) is 11.3 Å². The van der Waals surface area contributed by atoms with Crippen LogP contribution < -0.4 is 0 Å². The van der Waals surface area contributed by atoms with Gasteiger partial charge in [0.05, 0.1) is 18.9 Å². The van der Waals surface area contributed by atoms with E-state index in [0.29, 0.717) is 13.2 Å². The van der Waals surface area contributed by atoms with Crippen molar-refractivity contribution in [1.29, 1.82) is 0 Å². The van der Waals surface area contributed by atoms with Gasteiger partial charge in [-0.2, -0.15) is 0 Å². The first-order valence-corrected chi connectivity index (χ1v) is 10.4. The quantitative estimate of drug-likeness (QED) is 0.685. The summed E-state index contributed by atoms with van der Waals surface area (Å²) in [5.41, 5.74) is 4.25. The van der Waals surface area contributed by atoms with Gasteiger partial charge in [0, 0.05) is 25.0 Å². The summed E-state index contributed by atoms with van der Waals surface area (Å²) < 4.78 is 23.4. The van der Waals surface area contributed by atoms with E-state index >= 15 is 0 Å². The number of hydrogen-bond acceptors (Lipinski definition) is 5. The minimum Gasteiger partial charge on any atom is -0.353 e. The van der Waals surface area contributed by atoms with Crippen molar-refractivity contribution < 1.29 is 18.9 Å². The lowest BCUT2D eigenvalue weighted by atomic mass is 10.0. The van der Waals surface area contributed by atoms with E-state index in [9.17, 15) is 0 Å². The Balaban J connectivity index is 1.47. The molecule has 0 bridgehead atoms. The Labute approximate surface area is 167 Å². The minimum atomic E-state index is -0.0948. The van der Waals surface area contributed by atoms with Crippen molar-refractivity contribution in [3.63, 3.8) is 0 Å². The van der Waals surface area contributed by atoms with Gasteiger partial charge in [0.1, 0.15) is 0 Å². The lowest BCUT2D eigenvalue weighted by Gasteiger charge is -2.24. The summed E-state index contributed by atoms with van der Waals surface area (Å²) in [5, 5.41) is 0. The first kappa shape index (κ1) is 19.5. The Morgan fingerprint density at radius 1 is 0.821 bits per heavy atom. The summed E-state index contributed by atoms with van der Waals surface area (Å²) in [4.78, 5) is 4.50. The molecule has 0 aliphatic carbocycles. The molecular weight excluding hydrogens is 354 g/mol. The maximum absolute atomic E-state index is 6.00. The van der Waals surface area contributed by atoms with E-state index in [2.05, 4.69) is 23.2 Å². The molecular formula is C23H29NO4. The van der Waals surface area contributed by atoms with E-state index in [0.717, 1.165) is 61.3 Å². The standard InChI is InChI=1S/C23H29NO4/c1-4-10-24-21(7-1)20-14-18(16-27-22-8-2-5-11-25-22)13-19(15-20)17-28-23-9-3-6-12-26-23/h1,4,7,10,13-15,22-23H,2-3,5-6,8-9,11-12,16-17H2/t22-,23-/m0/s1. The predicted molar refractivity (Wildman–Crippen MR) is 106 cm³/mol. The molecule has 2 atom stereocenters. The molecule has 2 saturated heterocycles. The van der Waals surface area contributed by atoms with Crippen molar-refractivity contribution in [2.45, 2.75) is 64.3 Å². The van der Waals surface area contributed by atoms with Crippen molar-refractivity contribution in [2.24, 2.45) is 0 Å². The fourth-order valence-corrected chi connectivity index (χ4v) is 3.67. The van der Waals surface area contributed by atoms with E-state index in [-0.39, 0.29) is 12.6 Å². The van der Waals surface area contributed by atoms with Gasteiger partial charge in [-0.25, -0.2) is 0 Å². The first-order chi connectivity index (χ1) is 13.9. The van der Waals surface area contributed by atoms with Crippen LogP contribution in [0.5, 0.6) is 0 Å². The van der Waals surface area contributed by atoms with Gasteiger partial charge < -0.3 is 18.9 Å². The van der Waals surface area contributed by atoms with E-state index in [1.54, 1.807) is 0 Å². The Hall–Kier alpha value is -1.79. The third kappa shape index (κ3) is 5.61. The number of rotatable bonds is 7. The van der Waals surface area contributed by atoms with Crippen LogP contribution in [-0.4, -0.2) is 30.8 Å². The van der Waals surface area contributed by atoms with Gasteiger partial charge in [-0.05, 0) is 73.9 Å². The van der Waals surface area contributed by atoms with Crippen LogP contribution in [0.2, 0.25) is 0 Å². The molecule has 3 heterocycles. The number of aromatic nitrogens is 1. The Morgan fingerprint density at radius 3 is 1.96 bits per heavy atom. The van der Waals surface area contributed by atoms with Gasteiger partial charge in [-0.15, -0.1) is 0 Å². The number of benzene rings is 1. The molecule has 0 spiro atoms. The van der Waals surface area contributed by atoms with Gasteiger partial charge in [0.15, 0.2) is 12.6 Å². The highest BCUT2D eigenvalue weighted by molar-refractivity contribution is 5.61. The van der Waals surface area contributed by atoms with Crippen LogP contribution >= 0.6 is 0 Å². The summed E-state index contributed by atoms with van der Waals surface area (Å²) >= 11 is 0. The van der Waals surface area contributed by atoms with Gasteiger partial charge >= 0.3 is 0 Å². The van der Waals surface area contributed by atoms with Crippen molar-refractivity contribution in [3.05, 3.63) is 53.7 Å². The Morgan fingerprint density at radius 2 is 1.46 bits per heavy atom. The lowest BCUT2D eigenvalue weighted by molar-refractivity contribution is -0.169. The molecule has 1 aromatic carbocycles. The summed E-state index contributed by atoms with van der Waals surface area (Å²) in [6, 6.07) is 12.4. The van der Waals surface area contributed by atoms with Gasteiger partial charge in [0.25, 0.3) is 0 Å². The number of nitrogens with zero attached hydrogens (tertiary/aromatic N) is 1. The summed E-state index contributed by atoms with van der Waals surface area (Å²) in [6.07, 6.45) is 8.15. The Bertz CT molecular complexity index is 684. The monoisotopic (exact) mass is 383 g/mol. The molecule has 150 valence electrons. The second-order valence-corrected chi connectivity index (χ2v) is 7.47. The molecule has 4 rings (SSSR count). The lowest BCUT2D eigenvalue weighted by Crippen LogP contribution is -2.22. The zero-order valence-corrected chi connectivity index (χ0v) is 16.3. The maximum atomic E-state index is 6.00. The van der Waals surface area contributed by atoms with Crippen LogP contribution in [0.3, 0.4) is 0 Å². The number of pyridine rings is 1. The van der Waals surface area contributed by atoms with E-state index in [4.69, 9.17) is 18.9 Å². The number of ether oxygens (including phenoxy) is 4. The molecule has 0 amide bonds. The second kappa shape index (κ2) is 10.1. The van der Waals surface area contributed by atoms with E-state index < -0.39 is 0 Å². The smallest absolute Gasteiger partial charge is 0.158 e. The normalized spacial score (nSPS) is 22.9.